The number of amides is 1. The van der Waals surface area contributed by atoms with E-state index in [-0.39, 0.29) is 30.9 Å². The molecule has 1 aliphatic rings. The number of nitrogens with zero attached hydrogens (tertiary/aromatic N) is 3. The van der Waals surface area contributed by atoms with Crippen molar-refractivity contribution in [2.24, 2.45) is 0 Å². The van der Waals surface area contributed by atoms with Gasteiger partial charge in [-0.2, -0.15) is 4.39 Å². The summed E-state index contributed by atoms with van der Waals surface area (Å²) in [5.41, 5.74) is -0.994. The minimum absolute atomic E-state index is 0.00314. The Bertz CT molecular complexity index is 631. The van der Waals surface area contributed by atoms with E-state index in [1.165, 1.54) is 11.8 Å². The third kappa shape index (κ3) is 3.33. The van der Waals surface area contributed by atoms with Crippen LogP contribution in [0.4, 0.5) is 25.0 Å². The maximum Gasteiger partial charge on any atom is 0.409 e. The standard InChI is InChI=1S/C14H17F2N3O4/c1-3-23-14(20)18-6-4-17(5-7-18)13-9(2)12(16)11(19(21)22)8-10(13)15/h8H,3-7H2,1-2H3. The lowest BCUT2D eigenvalue weighted by Crippen LogP contribution is -2.49. The van der Waals surface area contributed by atoms with Gasteiger partial charge in [-0.05, 0) is 13.8 Å². The van der Waals surface area contributed by atoms with E-state index < -0.39 is 28.3 Å². The highest BCUT2D eigenvalue weighted by Gasteiger charge is 2.29. The zero-order valence-electron chi connectivity index (χ0n) is 12.8. The van der Waals surface area contributed by atoms with Crippen LogP contribution in [0.15, 0.2) is 6.07 Å². The summed E-state index contributed by atoms with van der Waals surface area (Å²) in [6, 6.07) is 0.593. The van der Waals surface area contributed by atoms with Crippen LogP contribution in [-0.4, -0.2) is 48.7 Å². The third-order valence-electron chi connectivity index (χ3n) is 3.72. The predicted molar refractivity (Wildman–Crippen MR) is 78.6 cm³/mol. The first-order chi connectivity index (χ1) is 10.9. The summed E-state index contributed by atoms with van der Waals surface area (Å²) < 4.78 is 33.1. The second-order valence-electron chi connectivity index (χ2n) is 5.10. The lowest BCUT2D eigenvalue weighted by atomic mass is 10.1. The number of hydrogen-bond donors (Lipinski definition) is 0. The Labute approximate surface area is 131 Å². The average molecular weight is 329 g/mol. The molecular weight excluding hydrogens is 312 g/mol. The van der Waals surface area contributed by atoms with Crippen molar-refractivity contribution >= 4 is 17.5 Å². The van der Waals surface area contributed by atoms with Gasteiger partial charge in [-0.25, -0.2) is 9.18 Å². The molecule has 0 radical (unpaired) electrons. The predicted octanol–water partition coefficient (Wildman–Crippen LogP) is 2.46. The molecule has 0 bridgehead atoms. The zero-order valence-corrected chi connectivity index (χ0v) is 12.8. The second-order valence-corrected chi connectivity index (χ2v) is 5.10. The molecule has 1 aromatic carbocycles. The molecule has 1 aliphatic heterocycles. The fraction of sp³-hybridized carbons (Fsp3) is 0.500. The van der Waals surface area contributed by atoms with Gasteiger partial charge in [-0.15, -0.1) is 0 Å². The number of ether oxygens (including phenoxy) is 1. The van der Waals surface area contributed by atoms with Crippen LogP contribution in [0.2, 0.25) is 0 Å². The van der Waals surface area contributed by atoms with Gasteiger partial charge in [-0.3, -0.25) is 10.1 Å². The molecule has 0 aromatic heterocycles. The lowest BCUT2D eigenvalue weighted by Gasteiger charge is -2.36. The first-order valence-corrected chi connectivity index (χ1v) is 7.16. The van der Waals surface area contributed by atoms with Crippen LogP contribution in [-0.2, 0) is 4.74 Å². The topological polar surface area (TPSA) is 75.9 Å². The Morgan fingerprint density at radius 3 is 2.48 bits per heavy atom. The van der Waals surface area contributed by atoms with E-state index in [1.807, 2.05) is 0 Å². The molecule has 1 fully saturated rings. The molecule has 1 saturated heterocycles. The number of anilines is 1. The van der Waals surface area contributed by atoms with E-state index in [0.717, 1.165) is 0 Å². The normalized spacial score (nSPS) is 14.8. The van der Waals surface area contributed by atoms with Crippen molar-refractivity contribution in [2.45, 2.75) is 13.8 Å². The van der Waals surface area contributed by atoms with E-state index in [4.69, 9.17) is 4.74 Å². The lowest BCUT2D eigenvalue weighted by molar-refractivity contribution is -0.387. The minimum Gasteiger partial charge on any atom is -0.450 e. The molecule has 0 aliphatic carbocycles. The van der Waals surface area contributed by atoms with Crippen molar-refractivity contribution < 1.29 is 23.2 Å². The summed E-state index contributed by atoms with van der Waals surface area (Å²) in [5.74, 6) is -1.89. The molecule has 0 unspecified atom stereocenters. The minimum atomic E-state index is -1.04. The van der Waals surface area contributed by atoms with Crippen LogP contribution >= 0.6 is 0 Å². The summed E-state index contributed by atoms with van der Waals surface area (Å²) in [5, 5.41) is 10.7. The van der Waals surface area contributed by atoms with Gasteiger partial charge in [0.2, 0.25) is 5.82 Å². The highest BCUT2D eigenvalue weighted by molar-refractivity contribution is 5.68. The largest absolute Gasteiger partial charge is 0.450 e. The molecule has 0 N–H and O–H groups in total. The number of piperazine rings is 1. The molecule has 0 spiro atoms. The van der Waals surface area contributed by atoms with Crippen molar-refractivity contribution in [2.75, 3.05) is 37.7 Å². The molecule has 0 atom stereocenters. The number of nitro groups is 1. The van der Waals surface area contributed by atoms with Crippen molar-refractivity contribution in [3.63, 3.8) is 0 Å². The first kappa shape index (κ1) is 16.9. The highest BCUT2D eigenvalue weighted by atomic mass is 19.1. The molecule has 0 saturated carbocycles. The van der Waals surface area contributed by atoms with E-state index in [0.29, 0.717) is 19.2 Å². The maximum atomic E-state index is 14.2. The van der Waals surface area contributed by atoms with E-state index in [1.54, 1.807) is 11.8 Å². The Morgan fingerprint density at radius 1 is 1.35 bits per heavy atom. The molecule has 1 heterocycles. The van der Waals surface area contributed by atoms with Crippen LogP contribution < -0.4 is 4.90 Å². The molecule has 1 aromatic rings. The van der Waals surface area contributed by atoms with Crippen molar-refractivity contribution in [1.29, 1.82) is 0 Å². The van der Waals surface area contributed by atoms with Crippen molar-refractivity contribution in [3.8, 4) is 0 Å². The van der Waals surface area contributed by atoms with Gasteiger partial charge in [0.1, 0.15) is 0 Å². The van der Waals surface area contributed by atoms with Gasteiger partial charge in [0.15, 0.2) is 5.82 Å². The quantitative estimate of drug-likeness (QED) is 0.629. The van der Waals surface area contributed by atoms with Crippen molar-refractivity contribution in [3.05, 3.63) is 33.4 Å². The average Bonchev–Trinajstić information content (AvgIpc) is 2.51. The number of carbonyl (C=O) groups excluding carboxylic acids is 1. The second kappa shape index (κ2) is 6.76. The number of rotatable bonds is 3. The van der Waals surface area contributed by atoms with Crippen LogP contribution in [0.1, 0.15) is 12.5 Å². The van der Waals surface area contributed by atoms with Crippen LogP contribution in [0.5, 0.6) is 0 Å². The Morgan fingerprint density at radius 2 is 1.96 bits per heavy atom. The number of hydrogen-bond acceptors (Lipinski definition) is 5. The highest BCUT2D eigenvalue weighted by Crippen LogP contribution is 2.32. The molecule has 2 rings (SSSR count). The molecule has 9 heteroatoms. The molecule has 7 nitrogen and oxygen atoms in total. The van der Waals surface area contributed by atoms with Gasteiger partial charge >= 0.3 is 11.8 Å². The van der Waals surface area contributed by atoms with Crippen molar-refractivity contribution in [1.82, 2.24) is 4.90 Å². The Balaban J connectivity index is 2.20. The van der Waals surface area contributed by atoms with Gasteiger partial charge in [0, 0.05) is 31.7 Å². The van der Waals surface area contributed by atoms with Crippen LogP contribution in [0.3, 0.4) is 0 Å². The summed E-state index contributed by atoms with van der Waals surface area (Å²) in [7, 11) is 0. The van der Waals surface area contributed by atoms with E-state index in [9.17, 15) is 23.7 Å². The molecule has 126 valence electrons. The van der Waals surface area contributed by atoms with Gasteiger partial charge in [0.05, 0.1) is 23.3 Å². The fourth-order valence-electron chi connectivity index (χ4n) is 2.58. The first-order valence-electron chi connectivity index (χ1n) is 7.16. The van der Waals surface area contributed by atoms with Crippen LogP contribution in [0, 0.1) is 28.7 Å². The number of benzene rings is 1. The fourth-order valence-corrected chi connectivity index (χ4v) is 2.58. The summed E-state index contributed by atoms with van der Waals surface area (Å²) >= 11 is 0. The van der Waals surface area contributed by atoms with Gasteiger partial charge < -0.3 is 14.5 Å². The van der Waals surface area contributed by atoms with E-state index in [2.05, 4.69) is 0 Å². The molecule has 23 heavy (non-hydrogen) atoms. The summed E-state index contributed by atoms with van der Waals surface area (Å²) in [6.45, 7) is 4.44. The third-order valence-corrected chi connectivity index (χ3v) is 3.72. The summed E-state index contributed by atoms with van der Waals surface area (Å²) in [6.07, 6.45) is -0.445. The monoisotopic (exact) mass is 329 g/mol. The van der Waals surface area contributed by atoms with Crippen LogP contribution in [0.25, 0.3) is 0 Å². The number of nitro benzene ring substituents is 1. The smallest absolute Gasteiger partial charge is 0.409 e. The maximum absolute atomic E-state index is 14.2. The molecule has 1 amide bonds. The zero-order chi connectivity index (χ0) is 17.1. The SMILES string of the molecule is CCOC(=O)N1CCN(c2c(F)cc([N+](=O)[O-])c(F)c2C)CC1. The Kier molecular flexibility index (Phi) is 4.97. The number of carbonyl (C=O) groups is 1. The molecular formula is C14H17F2N3O4. The van der Waals surface area contributed by atoms with Gasteiger partial charge in [0.25, 0.3) is 0 Å². The number of halogens is 2. The summed E-state index contributed by atoms with van der Waals surface area (Å²) in [4.78, 5) is 24.5. The van der Waals surface area contributed by atoms with Gasteiger partial charge in [-0.1, -0.05) is 0 Å². The van der Waals surface area contributed by atoms with E-state index >= 15 is 0 Å². The Hall–Kier alpha value is -2.45.